The molecule has 0 aliphatic heterocycles. The van der Waals surface area contributed by atoms with E-state index in [4.69, 9.17) is 0 Å². The van der Waals surface area contributed by atoms with E-state index in [1.807, 2.05) is 0 Å². The monoisotopic (exact) mass is 478 g/mol. The summed E-state index contributed by atoms with van der Waals surface area (Å²) in [6.45, 7) is 0. The zero-order valence-corrected chi connectivity index (χ0v) is 21.0. The van der Waals surface area contributed by atoms with Crippen LogP contribution in [0.2, 0.25) is 0 Å². The first-order chi connectivity index (χ1) is 17.9. The number of benzene rings is 5. The summed E-state index contributed by atoms with van der Waals surface area (Å²) in [7, 11) is -0.722. The molecule has 0 saturated heterocycles. The average molecular weight is 479 g/mol. The van der Waals surface area contributed by atoms with Crippen LogP contribution >= 0.6 is 7.92 Å². The van der Waals surface area contributed by atoms with Crippen LogP contribution in [0, 0.1) is 0 Å². The molecule has 5 aromatic carbocycles. The predicted octanol–water partition coefficient (Wildman–Crippen LogP) is 7.98. The zero-order valence-electron chi connectivity index (χ0n) is 20.1. The second kappa shape index (κ2) is 10.3. The summed E-state index contributed by atoms with van der Waals surface area (Å²) < 4.78 is 0. The molecule has 1 aliphatic carbocycles. The third kappa shape index (κ3) is 4.61. The molecule has 0 spiro atoms. The molecule has 0 unspecified atom stereocenters. The predicted molar refractivity (Wildman–Crippen MR) is 158 cm³/mol. The number of allylic oxidation sites excluding steroid dienone is 4. The van der Waals surface area contributed by atoms with Crippen LogP contribution in [0.25, 0.3) is 22.3 Å². The van der Waals surface area contributed by atoms with Gasteiger partial charge in [0.25, 0.3) is 0 Å². The molecule has 6 rings (SSSR count). The Morgan fingerprint density at radius 2 is 1.00 bits per heavy atom. The first kappa shape index (κ1) is 22.5. The molecule has 0 amide bonds. The van der Waals surface area contributed by atoms with Crippen molar-refractivity contribution in [3.63, 3.8) is 0 Å². The van der Waals surface area contributed by atoms with E-state index in [1.54, 1.807) is 0 Å². The normalized spacial score (nSPS) is 12.9. The Morgan fingerprint density at radius 1 is 0.472 bits per heavy atom. The lowest BCUT2D eigenvalue weighted by Crippen LogP contribution is -2.23. The second-order valence-corrected chi connectivity index (χ2v) is 11.2. The summed E-state index contributed by atoms with van der Waals surface area (Å²) in [5.74, 6) is 0. The molecule has 0 bridgehead atoms. The lowest BCUT2D eigenvalue weighted by atomic mass is 9.99. The van der Waals surface area contributed by atoms with Crippen molar-refractivity contribution in [3.05, 3.63) is 163 Å². The van der Waals surface area contributed by atoms with Gasteiger partial charge in [-0.05, 0) is 69.7 Å². The van der Waals surface area contributed by atoms with Gasteiger partial charge in [0.15, 0.2) is 0 Å². The van der Waals surface area contributed by atoms with E-state index in [-0.39, 0.29) is 0 Å². The molecule has 0 nitrogen and oxygen atoms in total. The van der Waals surface area contributed by atoms with Crippen LogP contribution in [0.4, 0.5) is 0 Å². The van der Waals surface area contributed by atoms with Crippen molar-refractivity contribution in [2.75, 3.05) is 0 Å². The quantitative estimate of drug-likeness (QED) is 0.217. The lowest BCUT2D eigenvalue weighted by Gasteiger charge is -2.24. The fraction of sp³-hybridized carbons (Fsp3) is 0.0286. The fourth-order valence-corrected chi connectivity index (χ4v) is 7.45. The van der Waals surface area contributed by atoms with E-state index in [9.17, 15) is 0 Å². The molecule has 0 atom stereocenters. The van der Waals surface area contributed by atoms with E-state index in [2.05, 4.69) is 152 Å². The molecule has 1 heteroatoms. The summed E-state index contributed by atoms with van der Waals surface area (Å²) in [6, 6.07) is 50.6. The number of hydrogen-bond donors (Lipinski definition) is 0. The SMILES string of the molecule is C1=C(c2ccccc2)C=C(c2ccc(-c3ccccc3)cc2P(c2ccccc2)c2ccccc2)C1. The molecule has 0 heterocycles. The molecule has 1 aliphatic rings. The Bertz CT molecular complexity index is 1480. The average Bonchev–Trinajstić information content (AvgIpc) is 3.46. The highest BCUT2D eigenvalue weighted by Crippen LogP contribution is 2.40. The van der Waals surface area contributed by atoms with Crippen molar-refractivity contribution >= 4 is 35.0 Å². The van der Waals surface area contributed by atoms with Crippen molar-refractivity contribution in [1.29, 1.82) is 0 Å². The van der Waals surface area contributed by atoms with E-state index in [0.717, 1.165) is 6.42 Å². The van der Waals surface area contributed by atoms with E-state index < -0.39 is 7.92 Å². The highest BCUT2D eigenvalue weighted by atomic mass is 31.1. The van der Waals surface area contributed by atoms with E-state index in [0.29, 0.717) is 0 Å². The van der Waals surface area contributed by atoms with Crippen LogP contribution in [-0.4, -0.2) is 0 Å². The fourth-order valence-electron chi connectivity index (χ4n) is 4.92. The van der Waals surface area contributed by atoms with Crippen molar-refractivity contribution in [1.82, 2.24) is 0 Å². The van der Waals surface area contributed by atoms with Gasteiger partial charge in [0.1, 0.15) is 0 Å². The first-order valence-electron chi connectivity index (χ1n) is 12.4. The van der Waals surface area contributed by atoms with Gasteiger partial charge in [-0.1, -0.05) is 146 Å². The van der Waals surface area contributed by atoms with Crippen LogP contribution in [0.5, 0.6) is 0 Å². The van der Waals surface area contributed by atoms with Crippen LogP contribution in [-0.2, 0) is 0 Å². The maximum atomic E-state index is 2.44. The molecule has 5 aromatic rings. The Hall–Kier alpha value is -3.99. The Morgan fingerprint density at radius 3 is 1.58 bits per heavy atom. The second-order valence-electron chi connectivity index (χ2n) is 9.00. The van der Waals surface area contributed by atoms with Crippen molar-refractivity contribution in [2.24, 2.45) is 0 Å². The summed E-state index contributed by atoms with van der Waals surface area (Å²) in [4.78, 5) is 0. The van der Waals surface area contributed by atoms with Gasteiger partial charge in [0.05, 0.1) is 0 Å². The molecule has 0 aromatic heterocycles. The maximum Gasteiger partial charge on any atom is -0.00696 e. The van der Waals surface area contributed by atoms with Crippen molar-refractivity contribution < 1.29 is 0 Å². The molecule has 0 N–H and O–H groups in total. The van der Waals surface area contributed by atoms with Gasteiger partial charge in [-0.15, -0.1) is 0 Å². The lowest BCUT2D eigenvalue weighted by molar-refractivity contribution is 1.44. The molecule has 0 radical (unpaired) electrons. The summed E-state index contributed by atoms with van der Waals surface area (Å²) >= 11 is 0. The first-order valence-corrected chi connectivity index (χ1v) is 13.8. The minimum Gasteiger partial charge on any atom is -0.0722 e. The van der Waals surface area contributed by atoms with Crippen molar-refractivity contribution in [2.45, 2.75) is 6.42 Å². The van der Waals surface area contributed by atoms with Gasteiger partial charge in [0.2, 0.25) is 0 Å². The summed E-state index contributed by atoms with van der Waals surface area (Å²) in [5, 5.41) is 4.16. The van der Waals surface area contributed by atoms with Crippen LogP contribution in [0.15, 0.2) is 152 Å². The molecule has 0 fully saturated rings. The molecular formula is C35H27P. The van der Waals surface area contributed by atoms with Crippen LogP contribution in [0.1, 0.15) is 17.5 Å². The molecule has 0 saturated carbocycles. The summed E-state index contributed by atoms with van der Waals surface area (Å²) in [5.41, 5.74) is 7.86. The zero-order chi connectivity index (χ0) is 24.2. The number of hydrogen-bond acceptors (Lipinski definition) is 0. The number of rotatable bonds is 6. The Balaban J connectivity index is 1.53. The third-order valence-electron chi connectivity index (χ3n) is 6.70. The Kier molecular flexibility index (Phi) is 6.44. The van der Waals surface area contributed by atoms with Gasteiger partial charge in [-0.25, -0.2) is 0 Å². The van der Waals surface area contributed by atoms with Gasteiger partial charge in [-0.2, -0.15) is 0 Å². The van der Waals surface area contributed by atoms with Gasteiger partial charge < -0.3 is 0 Å². The van der Waals surface area contributed by atoms with E-state index in [1.165, 1.54) is 49.3 Å². The summed E-state index contributed by atoms with van der Waals surface area (Å²) in [6.07, 6.45) is 5.71. The minimum absolute atomic E-state index is 0.722. The smallest absolute Gasteiger partial charge is 0.00696 e. The topological polar surface area (TPSA) is 0 Å². The minimum atomic E-state index is -0.722. The Labute approximate surface area is 215 Å². The van der Waals surface area contributed by atoms with Gasteiger partial charge in [-0.3, -0.25) is 0 Å². The van der Waals surface area contributed by atoms with E-state index >= 15 is 0 Å². The maximum absolute atomic E-state index is 2.44. The standard InChI is InChI=1S/C35H27P/c1-5-13-27(14-6-1)29-21-22-31(25-29)34-24-23-30(28-15-7-2-8-16-28)26-35(34)36(32-17-9-3-10-18-32)33-19-11-4-12-20-33/h1-21,23-26H,22H2. The highest BCUT2D eigenvalue weighted by Gasteiger charge is 2.23. The molecular weight excluding hydrogens is 451 g/mol. The third-order valence-corrected chi connectivity index (χ3v) is 9.18. The highest BCUT2D eigenvalue weighted by molar-refractivity contribution is 7.80. The largest absolute Gasteiger partial charge is 0.0722 e. The molecule has 36 heavy (non-hydrogen) atoms. The van der Waals surface area contributed by atoms with Crippen LogP contribution < -0.4 is 15.9 Å². The van der Waals surface area contributed by atoms with Gasteiger partial charge >= 0.3 is 0 Å². The van der Waals surface area contributed by atoms with Crippen molar-refractivity contribution in [3.8, 4) is 11.1 Å². The molecule has 172 valence electrons. The van der Waals surface area contributed by atoms with Crippen LogP contribution in [0.3, 0.4) is 0 Å². The van der Waals surface area contributed by atoms with Gasteiger partial charge in [0, 0.05) is 0 Å².